The third-order valence-corrected chi connectivity index (χ3v) is 5.38. The molecule has 1 aliphatic rings. The molecular formula is C11H13ClN2OS2. The van der Waals surface area contributed by atoms with Gasteiger partial charge in [0.15, 0.2) is 0 Å². The van der Waals surface area contributed by atoms with Crippen LogP contribution >= 0.6 is 35.1 Å². The highest BCUT2D eigenvalue weighted by Crippen LogP contribution is 2.23. The Hall–Kier alpha value is -0.390. The van der Waals surface area contributed by atoms with Crippen molar-refractivity contribution in [3.63, 3.8) is 0 Å². The fraction of sp³-hybridized carbons (Fsp3) is 0.455. The number of carbonyl (C=O) groups is 1. The highest BCUT2D eigenvalue weighted by atomic mass is 35.5. The van der Waals surface area contributed by atoms with Crippen molar-refractivity contribution in [3.8, 4) is 0 Å². The van der Waals surface area contributed by atoms with Crippen molar-refractivity contribution in [1.29, 1.82) is 0 Å². The molecule has 1 fully saturated rings. The second-order valence-corrected chi connectivity index (χ2v) is 6.57. The van der Waals surface area contributed by atoms with Gasteiger partial charge in [-0.2, -0.15) is 23.5 Å². The van der Waals surface area contributed by atoms with E-state index in [1.54, 1.807) is 18.2 Å². The highest BCUT2D eigenvalue weighted by Gasteiger charge is 2.16. The average molecular weight is 289 g/mol. The fourth-order valence-corrected chi connectivity index (χ4v) is 4.26. The van der Waals surface area contributed by atoms with E-state index in [4.69, 9.17) is 11.6 Å². The van der Waals surface area contributed by atoms with E-state index in [9.17, 15) is 4.79 Å². The molecule has 0 radical (unpaired) electrons. The average Bonchev–Trinajstić information content (AvgIpc) is 2.37. The maximum absolute atomic E-state index is 11.8. The monoisotopic (exact) mass is 288 g/mol. The first-order valence-corrected chi connectivity index (χ1v) is 7.94. The molecule has 2 rings (SSSR count). The van der Waals surface area contributed by atoms with Gasteiger partial charge in [0, 0.05) is 29.1 Å². The standard InChI is InChI=1S/C11H13ClN2OS2/c12-10-3-1-2-9(14-10)11(15)13-6-8-7-16-4-5-17-8/h1-3,8H,4-7H2,(H,13,15). The third-order valence-electron chi connectivity index (χ3n) is 2.32. The molecule has 92 valence electrons. The molecule has 1 aliphatic heterocycles. The summed E-state index contributed by atoms with van der Waals surface area (Å²) < 4.78 is 0. The third kappa shape index (κ3) is 4.08. The first kappa shape index (κ1) is 13.1. The number of nitrogens with zero attached hydrogens (tertiary/aromatic N) is 1. The van der Waals surface area contributed by atoms with E-state index in [0.717, 1.165) is 5.75 Å². The largest absolute Gasteiger partial charge is 0.350 e. The van der Waals surface area contributed by atoms with Gasteiger partial charge in [-0.05, 0) is 12.1 Å². The van der Waals surface area contributed by atoms with Crippen LogP contribution in [0.5, 0.6) is 0 Å². The van der Waals surface area contributed by atoms with Crippen molar-refractivity contribution in [2.45, 2.75) is 5.25 Å². The molecule has 0 bridgehead atoms. The zero-order valence-electron chi connectivity index (χ0n) is 9.19. The van der Waals surface area contributed by atoms with Gasteiger partial charge in [-0.1, -0.05) is 17.7 Å². The molecule has 1 aromatic rings. The van der Waals surface area contributed by atoms with Crippen LogP contribution in [0.15, 0.2) is 18.2 Å². The molecule has 0 spiro atoms. The topological polar surface area (TPSA) is 42.0 Å². The molecule has 1 amide bonds. The zero-order chi connectivity index (χ0) is 12.1. The molecule has 0 aromatic carbocycles. The molecule has 1 atom stereocenters. The van der Waals surface area contributed by atoms with Gasteiger partial charge in [-0.15, -0.1) is 0 Å². The van der Waals surface area contributed by atoms with Crippen LogP contribution in [0.2, 0.25) is 5.15 Å². The van der Waals surface area contributed by atoms with Gasteiger partial charge in [-0.3, -0.25) is 4.79 Å². The van der Waals surface area contributed by atoms with Gasteiger partial charge in [0.25, 0.3) is 5.91 Å². The Kier molecular flexibility index (Phi) is 5.00. The van der Waals surface area contributed by atoms with E-state index in [1.165, 1.54) is 11.5 Å². The van der Waals surface area contributed by atoms with Gasteiger partial charge in [0.05, 0.1) is 0 Å². The fourth-order valence-electron chi connectivity index (χ4n) is 1.49. The number of aromatic nitrogens is 1. The number of thioether (sulfide) groups is 2. The summed E-state index contributed by atoms with van der Waals surface area (Å²) in [6, 6.07) is 5.06. The molecule has 2 heterocycles. The van der Waals surface area contributed by atoms with Crippen molar-refractivity contribution in [2.24, 2.45) is 0 Å². The van der Waals surface area contributed by atoms with Gasteiger partial charge in [0.1, 0.15) is 10.8 Å². The van der Waals surface area contributed by atoms with E-state index >= 15 is 0 Å². The first-order valence-electron chi connectivity index (χ1n) is 5.36. The van der Waals surface area contributed by atoms with Crippen molar-refractivity contribution in [1.82, 2.24) is 10.3 Å². The smallest absolute Gasteiger partial charge is 0.269 e. The molecule has 0 saturated carbocycles. The molecule has 3 nitrogen and oxygen atoms in total. The molecule has 1 saturated heterocycles. The normalized spacial score (nSPS) is 19.9. The summed E-state index contributed by atoms with van der Waals surface area (Å²) in [5, 5.41) is 3.76. The lowest BCUT2D eigenvalue weighted by Gasteiger charge is -2.20. The van der Waals surface area contributed by atoms with Crippen LogP contribution < -0.4 is 5.32 Å². The number of amides is 1. The minimum absolute atomic E-state index is 0.149. The molecule has 1 unspecified atom stereocenters. The van der Waals surface area contributed by atoms with Crippen molar-refractivity contribution in [2.75, 3.05) is 23.8 Å². The number of nitrogens with one attached hydrogen (secondary N) is 1. The van der Waals surface area contributed by atoms with E-state index in [1.807, 2.05) is 23.5 Å². The number of carbonyl (C=O) groups excluding carboxylic acids is 1. The molecule has 6 heteroatoms. The van der Waals surface area contributed by atoms with Gasteiger partial charge in [0.2, 0.25) is 0 Å². The van der Waals surface area contributed by atoms with Crippen LogP contribution in [-0.2, 0) is 0 Å². The quantitative estimate of drug-likeness (QED) is 0.867. The second kappa shape index (κ2) is 6.52. The van der Waals surface area contributed by atoms with Crippen molar-refractivity contribution in [3.05, 3.63) is 29.0 Å². The molecule has 0 aliphatic carbocycles. The summed E-state index contributed by atoms with van der Waals surface area (Å²) in [5.74, 6) is 3.34. The highest BCUT2D eigenvalue weighted by molar-refractivity contribution is 8.06. The minimum atomic E-state index is -0.149. The first-order chi connectivity index (χ1) is 8.25. The maximum atomic E-state index is 11.8. The molecule has 1 aromatic heterocycles. The summed E-state index contributed by atoms with van der Waals surface area (Å²) in [6.07, 6.45) is 0. The van der Waals surface area contributed by atoms with E-state index in [0.29, 0.717) is 22.6 Å². The van der Waals surface area contributed by atoms with Crippen LogP contribution in [0.1, 0.15) is 10.5 Å². The summed E-state index contributed by atoms with van der Waals surface area (Å²) in [6.45, 7) is 0.699. The lowest BCUT2D eigenvalue weighted by molar-refractivity contribution is 0.0949. The van der Waals surface area contributed by atoms with E-state index < -0.39 is 0 Å². The zero-order valence-corrected chi connectivity index (χ0v) is 11.6. The summed E-state index contributed by atoms with van der Waals surface area (Å²) in [7, 11) is 0. The number of halogens is 1. The maximum Gasteiger partial charge on any atom is 0.269 e. The summed E-state index contributed by atoms with van der Waals surface area (Å²) >= 11 is 9.60. The van der Waals surface area contributed by atoms with Crippen LogP contribution in [0.3, 0.4) is 0 Å². The number of hydrogen-bond acceptors (Lipinski definition) is 4. The Balaban J connectivity index is 1.84. The van der Waals surface area contributed by atoms with Gasteiger partial charge in [-0.25, -0.2) is 4.98 Å². The van der Waals surface area contributed by atoms with Crippen LogP contribution in [0, 0.1) is 0 Å². The Morgan fingerprint density at radius 2 is 2.41 bits per heavy atom. The SMILES string of the molecule is O=C(NCC1CSCCS1)c1cccc(Cl)n1. The van der Waals surface area contributed by atoms with Crippen molar-refractivity contribution >= 4 is 41.0 Å². The predicted molar refractivity (Wildman–Crippen MR) is 75.2 cm³/mol. The number of pyridine rings is 1. The molecule has 17 heavy (non-hydrogen) atoms. The summed E-state index contributed by atoms with van der Waals surface area (Å²) in [5.41, 5.74) is 0.381. The Bertz CT molecular complexity index is 397. The van der Waals surface area contributed by atoms with Crippen LogP contribution in [0.4, 0.5) is 0 Å². The van der Waals surface area contributed by atoms with E-state index in [2.05, 4.69) is 10.3 Å². The second-order valence-electron chi connectivity index (χ2n) is 3.62. The van der Waals surface area contributed by atoms with Crippen LogP contribution in [0.25, 0.3) is 0 Å². The minimum Gasteiger partial charge on any atom is -0.350 e. The lowest BCUT2D eigenvalue weighted by atomic mass is 10.3. The lowest BCUT2D eigenvalue weighted by Crippen LogP contribution is -2.33. The summed E-state index contributed by atoms with van der Waals surface area (Å²) in [4.78, 5) is 15.8. The Morgan fingerprint density at radius 3 is 3.12 bits per heavy atom. The Morgan fingerprint density at radius 1 is 1.53 bits per heavy atom. The predicted octanol–water partition coefficient (Wildman–Crippen LogP) is 2.31. The number of rotatable bonds is 3. The van der Waals surface area contributed by atoms with Crippen molar-refractivity contribution < 1.29 is 4.79 Å². The van der Waals surface area contributed by atoms with Crippen LogP contribution in [-0.4, -0.2) is 39.9 Å². The van der Waals surface area contributed by atoms with Gasteiger partial charge >= 0.3 is 0 Å². The van der Waals surface area contributed by atoms with Gasteiger partial charge < -0.3 is 5.32 Å². The Labute approximate surface area is 114 Å². The molecule has 1 N–H and O–H groups in total. The molecular weight excluding hydrogens is 276 g/mol. The number of hydrogen-bond donors (Lipinski definition) is 1. The van der Waals surface area contributed by atoms with E-state index in [-0.39, 0.29) is 5.91 Å².